The zero-order valence-corrected chi connectivity index (χ0v) is 12.4. The van der Waals surface area contributed by atoms with Gasteiger partial charge in [-0.3, -0.25) is 4.79 Å². The molecule has 0 aliphatic carbocycles. The summed E-state index contributed by atoms with van der Waals surface area (Å²) in [4.78, 5) is 14.3. The van der Waals surface area contributed by atoms with Crippen molar-refractivity contribution in [3.63, 3.8) is 0 Å². The zero-order chi connectivity index (χ0) is 15.0. The molecule has 4 heteroatoms. The molecule has 1 unspecified atom stereocenters. The highest BCUT2D eigenvalue weighted by Gasteiger charge is 2.39. The molecule has 1 atom stereocenters. The van der Waals surface area contributed by atoms with Crippen molar-refractivity contribution in [2.45, 2.75) is 12.6 Å². The predicted octanol–water partition coefficient (Wildman–Crippen LogP) is 3.07. The lowest BCUT2D eigenvalue weighted by atomic mass is 9.94. The van der Waals surface area contributed by atoms with Crippen molar-refractivity contribution in [1.29, 1.82) is 0 Å². The Bertz CT molecular complexity index is 681. The highest BCUT2D eigenvalue weighted by molar-refractivity contribution is 6.02. The first kappa shape index (κ1) is 13.5. The molecule has 2 aromatic rings. The number of carbonyl (C=O) groups is 1. The van der Waals surface area contributed by atoms with Gasteiger partial charge < -0.3 is 15.0 Å². The van der Waals surface area contributed by atoms with E-state index in [1.165, 1.54) is 0 Å². The number of para-hydroxylation sites is 1. The van der Waals surface area contributed by atoms with E-state index in [0.29, 0.717) is 5.56 Å². The van der Waals surface area contributed by atoms with Crippen molar-refractivity contribution in [1.82, 2.24) is 4.90 Å². The maximum absolute atomic E-state index is 12.6. The summed E-state index contributed by atoms with van der Waals surface area (Å²) in [6.07, 6.45) is 0. The molecule has 0 aromatic heterocycles. The molecule has 0 fully saturated rings. The van der Waals surface area contributed by atoms with Crippen LogP contribution in [0.5, 0.6) is 5.75 Å². The van der Waals surface area contributed by atoms with Gasteiger partial charge in [0.05, 0.1) is 12.7 Å². The molecule has 1 amide bonds. The van der Waals surface area contributed by atoms with E-state index in [2.05, 4.69) is 5.32 Å². The summed E-state index contributed by atoms with van der Waals surface area (Å²) >= 11 is 0. The Balaban J connectivity index is 2.06. The van der Waals surface area contributed by atoms with Gasteiger partial charge in [0.1, 0.15) is 11.4 Å². The first-order valence-corrected chi connectivity index (χ1v) is 6.86. The Morgan fingerprint density at radius 3 is 2.43 bits per heavy atom. The van der Waals surface area contributed by atoms with Crippen LogP contribution >= 0.6 is 0 Å². The summed E-state index contributed by atoms with van der Waals surface area (Å²) in [5.41, 5.74) is 1.98. The van der Waals surface area contributed by atoms with E-state index >= 15 is 0 Å². The van der Waals surface area contributed by atoms with Crippen molar-refractivity contribution in [3.05, 3.63) is 59.7 Å². The Hall–Kier alpha value is -2.49. The highest BCUT2D eigenvalue weighted by atomic mass is 16.5. The van der Waals surface area contributed by atoms with E-state index in [1.807, 2.05) is 62.5 Å². The molecular formula is C17H18N2O2. The fourth-order valence-electron chi connectivity index (χ4n) is 2.69. The minimum atomic E-state index is -0.586. The van der Waals surface area contributed by atoms with E-state index in [1.54, 1.807) is 12.0 Å². The second-order valence-corrected chi connectivity index (χ2v) is 5.34. The van der Waals surface area contributed by atoms with Gasteiger partial charge in [-0.2, -0.15) is 0 Å². The van der Waals surface area contributed by atoms with Crippen LogP contribution in [0.4, 0.5) is 5.69 Å². The van der Waals surface area contributed by atoms with Crippen LogP contribution in [0.1, 0.15) is 22.8 Å². The Morgan fingerprint density at radius 2 is 1.76 bits per heavy atom. The largest absolute Gasteiger partial charge is 0.497 e. The van der Waals surface area contributed by atoms with Gasteiger partial charge in [0, 0.05) is 12.7 Å². The monoisotopic (exact) mass is 282 g/mol. The third-order valence-corrected chi connectivity index (χ3v) is 4.16. The number of hydrogen-bond donors (Lipinski definition) is 1. The summed E-state index contributed by atoms with van der Waals surface area (Å²) in [5, 5.41) is 3.47. The molecule has 1 heterocycles. The van der Waals surface area contributed by atoms with Crippen LogP contribution in [0, 0.1) is 0 Å². The summed E-state index contributed by atoms with van der Waals surface area (Å²) in [7, 11) is 3.46. The number of hydrogen-bond acceptors (Lipinski definition) is 3. The first-order valence-electron chi connectivity index (χ1n) is 6.86. The fraction of sp³-hybridized carbons (Fsp3) is 0.235. The summed E-state index contributed by atoms with van der Waals surface area (Å²) in [6, 6.07) is 15.3. The second kappa shape index (κ2) is 4.81. The lowest BCUT2D eigenvalue weighted by Crippen LogP contribution is -2.53. The standard InChI is InChI=1S/C17H18N2O2/c1-17(12-8-10-13(21-3)11-9-12)18-15-7-5-4-6-14(15)16(20)19(17)2/h4-11,18H,1-3H3. The first-order chi connectivity index (χ1) is 10.1. The Morgan fingerprint density at radius 1 is 1.10 bits per heavy atom. The molecule has 0 saturated heterocycles. The second-order valence-electron chi connectivity index (χ2n) is 5.34. The van der Waals surface area contributed by atoms with Crippen molar-refractivity contribution < 1.29 is 9.53 Å². The molecule has 1 aliphatic rings. The number of methoxy groups -OCH3 is 1. The van der Waals surface area contributed by atoms with Crippen molar-refractivity contribution in [2.24, 2.45) is 0 Å². The smallest absolute Gasteiger partial charge is 0.257 e. The van der Waals surface area contributed by atoms with Crippen LogP contribution in [-0.4, -0.2) is 25.0 Å². The Kier molecular flexibility index (Phi) is 3.09. The molecule has 2 aromatic carbocycles. The maximum Gasteiger partial charge on any atom is 0.257 e. The van der Waals surface area contributed by atoms with Gasteiger partial charge in [0.15, 0.2) is 0 Å². The topological polar surface area (TPSA) is 41.6 Å². The average molecular weight is 282 g/mol. The van der Waals surface area contributed by atoms with Crippen LogP contribution in [0.25, 0.3) is 0 Å². The highest BCUT2D eigenvalue weighted by Crippen LogP contribution is 2.36. The number of nitrogens with zero attached hydrogens (tertiary/aromatic N) is 1. The summed E-state index contributed by atoms with van der Waals surface area (Å²) in [6.45, 7) is 2.00. The average Bonchev–Trinajstić information content (AvgIpc) is 2.53. The number of carbonyl (C=O) groups excluding carboxylic acids is 1. The predicted molar refractivity (Wildman–Crippen MR) is 82.5 cm³/mol. The van der Waals surface area contributed by atoms with Gasteiger partial charge in [0.2, 0.25) is 0 Å². The van der Waals surface area contributed by atoms with Gasteiger partial charge in [-0.25, -0.2) is 0 Å². The van der Waals surface area contributed by atoms with Gasteiger partial charge in [-0.15, -0.1) is 0 Å². The van der Waals surface area contributed by atoms with E-state index in [0.717, 1.165) is 17.0 Å². The zero-order valence-electron chi connectivity index (χ0n) is 12.4. The number of amides is 1. The SMILES string of the molecule is COc1ccc(C2(C)Nc3ccccc3C(=O)N2C)cc1. The summed E-state index contributed by atoms with van der Waals surface area (Å²) < 4.78 is 5.19. The van der Waals surface area contributed by atoms with Crippen LogP contribution in [0.15, 0.2) is 48.5 Å². The number of benzene rings is 2. The molecular weight excluding hydrogens is 264 g/mol. The van der Waals surface area contributed by atoms with Gasteiger partial charge in [0.25, 0.3) is 5.91 Å². The van der Waals surface area contributed by atoms with Crippen LogP contribution in [0.2, 0.25) is 0 Å². The van der Waals surface area contributed by atoms with Crippen LogP contribution in [0.3, 0.4) is 0 Å². The molecule has 108 valence electrons. The molecule has 0 saturated carbocycles. The van der Waals surface area contributed by atoms with E-state index in [-0.39, 0.29) is 5.91 Å². The molecule has 21 heavy (non-hydrogen) atoms. The minimum absolute atomic E-state index is 0.0164. The molecule has 0 radical (unpaired) electrons. The molecule has 0 bridgehead atoms. The third-order valence-electron chi connectivity index (χ3n) is 4.16. The number of anilines is 1. The molecule has 3 rings (SSSR count). The van der Waals surface area contributed by atoms with E-state index in [9.17, 15) is 4.79 Å². The summed E-state index contributed by atoms with van der Waals surface area (Å²) in [5.74, 6) is 0.815. The molecule has 1 N–H and O–H groups in total. The lowest BCUT2D eigenvalue weighted by molar-refractivity contribution is 0.0615. The Labute approximate surface area is 124 Å². The number of nitrogens with one attached hydrogen (secondary N) is 1. The van der Waals surface area contributed by atoms with E-state index in [4.69, 9.17) is 4.74 Å². The molecule has 4 nitrogen and oxygen atoms in total. The van der Waals surface area contributed by atoms with Crippen molar-refractivity contribution in [3.8, 4) is 5.75 Å². The number of fused-ring (bicyclic) bond motifs is 1. The van der Waals surface area contributed by atoms with Crippen LogP contribution < -0.4 is 10.1 Å². The van der Waals surface area contributed by atoms with Crippen molar-refractivity contribution in [2.75, 3.05) is 19.5 Å². The van der Waals surface area contributed by atoms with Gasteiger partial charge in [-0.05, 0) is 36.8 Å². The molecule has 0 spiro atoms. The number of rotatable bonds is 2. The van der Waals surface area contributed by atoms with Crippen molar-refractivity contribution >= 4 is 11.6 Å². The minimum Gasteiger partial charge on any atom is -0.497 e. The maximum atomic E-state index is 12.6. The quantitative estimate of drug-likeness (QED) is 0.920. The molecule has 1 aliphatic heterocycles. The van der Waals surface area contributed by atoms with E-state index < -0.39 is 5.66 Å². The third kappa shape index (κ3) is 2.03. The van der Waals surface area contributed by atoms with Crippen LogP contribution in [-0.2, 0) is 5.66 Å². The number of ether oxygens (including phenoxy) is 1. The normalized spacial score (nSPS) is 20.7. The van der Waals surface area contributed by atoms with Gasteiger partial charge >= 0.3 is 0 Å². The lowest BCUT2D eigenvalue weighted by Gasteiger charge is -2.44. The fourth-order valence-corrected chi connectivity index (χ4v) is 2.69. The van der Waals surface area contributed by atoms with Gasteiger partial charge in [-0.1, -0.05) is 24.3 Å².